The Morgan fingerprint density at radius 3 is 2.37 bits per heavy atom. The van der Waals surface area contributed by atoms with E-state index in [0.29, 0.717) is 0 Å². The average molecular weight is 274 g/mol. The van der Waals surface area contributed by atoms with E-state index in [0.717, 1.165) is 22.2 Å². The van der Waals surface area contributed by atoms with Gasteiger partial charge in [0.05, 0.1) is 11.2 Å². The smallest absolute Gasteiger partial charge is 0.123 e. The molecule has 0 amide bonds. The lowest BCUT2D eigenvalue weighted by molar-refractivity contribution is 0.628. The maximum Gasteiger partial charge on any atom is 0.123 e. The van der Waals surface area contributed by atoms with Gasteiger partial charge in [-0.05, 0) is 48.9 Å². The van der Waals surface area contributed by atoms with E-state index in [1.54, 1.807) is 12.1 Å². The molecule has 1 heterocycles. The van der Waals surface area contributed by atoms with Gasteiger partial charge in [0.25, 0.3) is 0 Å². The Balaban J connectivity index is 0.00000133. The Kier molecular flexibility index (Phi) is 3.82. The minimum Gasteiger partial charge on any atom is -0.248 e. The van der Waals surface area contributed by atoms with Crippen LogP contribution in [0.15, 0.2) is 54.6 Å². The second-order valence-corrected chi connectivity index (χ2v) is 4.35. The van der Waals surface area contributed by atoms with E-state index in [2.05, 4.69) is 18.0 Å². The Labute approximate surface area is 117 Å². The molecule has 0 bridgehead atoms. The number of rotatable bonds is 1. The SMILES string of the molecule is Cc1cc(-c2ccc(F)cc2)nc2ccccc12.Cl. The van der Waals surface area contributed by atoms with Crippen LogP contribution in [-0.4, -0.2) is 4.98 Å². The zero-order valence-electron chi connectivity index (χ0n) is 10.4. The summed E-state index contributed by atoms with van der Waals surface area (Å²) in [4.78, 5) is 4.61. The molecule has 0 atom stereocenters. The lowest BCUT2D eigenvalue weighted by Crippen LogP contribution is -1.88. The van der Waals surface area contributed by atoms with Crippen LogP contribution >= 0.6 is 12.4 Å². The first-order valence-corrected chi connectivity index (χ1v) is 5.86. The van der Waals surface area contributed by atoms with Crippen LogP contribution in [0.4, 0.5) is 4.39 Å². The summed E-state index contributed by atoms with van der Waals surface area (Å²) in [7, 11) is 0. The second-order valence-electron chi connectivity index (χ2n) is 4.35. The zero-order chi connectivity index (χ0) is 12.5. The van der Waals surface area contributed by atoms with E-state index >= 15 is 0 Å². The van der Waals surface area contributed by atoms with Crippen LogP contribution in [0.3, 0.4) is 0 Å². The topological polar surface area (TPSA) is 12.9 Å². The molecule has 3 aromatic rings. The Bertz CT molecular complexity index is 708. The lowest BCUT2D eigenvalue weighted by Gasteiger charge is -2.06. The fourth-order valence-corrected chi connectivity index (χ4v) is 2.12. The maximum absolute atomic E-state index is 12.9. The first-order chi connectivity index (χ1) is 8.74. The normalized spacial score (nSPS) is 10.2. The molecule has 96 valence electrons. The van der Waals surface area contributed by atoms with Crippen molar-refractivity contribution in [1.82, 2.24) is 4.98 Å². The molecule has 0 aliphatic carbocycles. The molecule has 2 aromatic carbocycles. The number of para-hydroxylation sites is 1. The summed E-state index contributed by atoms with van der Waals surface area (Å²) in [5.41, 5.74) is 3.97. The van der Waals surface area contributed by atoms with E-state index < -0.39 is 0 Å². The summed E-state index contributed by atoms with van der Waals surface area (Å²) in [6.45, 7) is 2.07. The van der Waals surface area contributed by atoms with Crippen LogP contribution < -0.4 is 0 Å². The Morgan fingerprint density at radius 2 is 1.63 bits per heavy atom. The third kappa shape index (κ3) is 2.59. The van der Waals surface area contributed by atoms with Crippen molar-refractivity contribution in [3.63, 3.8) is 0 Å². The molecular weight excluding hydrogens is 261 g/mol. The van der Waals surface area contributed by atoms with Gasteiger partial charge < -0.3 is 0 Å². The molecule has 0 fully saturated rings. The number of fused-ring (bicyclic) bond motifs is 1. The number of nitrogens with zero attached hydrogens (tertiary/aromatic N) is 1. The van der Waals surface area contributed by atoms with Gasteiger partial charge in [-0.2, -0.15) is 0 Å². The third-order valence-electron chi connectivity index (χ3n) is 3.06. The van der Waals surface area contributed by atoms with Gasteiger partial charge in [0.15, 0.2) is 0 Å². The number of aromatic nitrogens is 1. The van der Waals surface area contributed by atoms with Gasteiger partial charge in [-0.25, -0.2) is 9.37 Å². The zero-order valence-corrected chi connectivity index (χ0v) is 11.2. The summed E-state index contributed by atoms with van der Waals surface area (Å²) < 4.78 is 12.9. The van der Waals surface area contributed by atoms with E-state index in [1.165, 1.54) is 17.7 Å². The van der Waals surface area contributed by atoms with Crippen molar-refractivity contribution in [3.05, 3.63) is 66.0 Å². The molecular formula is C16H13ClFN. The predicted octanol–water partition coefficient (Wildman–Crippen LogP) is 4.77. The Hall–Kier alpha value is -1.93. The number of hydrogen-bond donors (Lipinski definition) is 0. The van der Waals surface area contributed by atoms with Crippen molar-refractivity contribution >= 4 is 23.3 Å². The van der Waals surface area contributed by atoms with Crippen molar-refractivity contribution in [1.29, 1.82) is 0 Å². The van der Waals surface area contributed by atoms with Gasteiger partial charge in [0.1, 0.15) is 5.82 Å². The highest BCUT2D eigenvalue weighted by Crippen LogP contribution is 2.24. The molecule has 1 aromatic heterocycles. The summed E-state index contributed by atoms with van der Waals surface area (Å²) in [6, 6.07) is 16.5. The summed E-state index contributed by atoms with van der Waals surface area (Å²) >= 11 is 0. The summed E-state index contributed by atoms with van der Waals surface area (Å²) in [5, 5.41) is 1.16. The molecule has 0 spiro atoms. The molecule has 0 radical (unpaired) electrons. The molecule has 0 aliphatic heterocycles. The molecule has 0 saturated carbocycles. The predicted molar refractivity (Wildman–Crippen MR) is 79.1 cm³/mol. The van der Waals surface area contributed by atoms with Crippen LogP contribution in [0.5, 0.6) is 0 Å². The minimum atomic E-state index is -0.226. The average Bonchev–Trinajstić information content (AvgIpc) is 2.39. The molecule has 0 unspecified atom stereocenters. The monoisotopic (exact) mass is 273 g/mol. The molecule has 0 saturated heterocycles. The maximum atomic E-state index is 12.9. The van der Waals surface area contributed by atoms with Crippen LogP contribution in [0.25, 0.3) is 22.2 Å². The molecule has 19 heavy (non-hydrogen) atoms. The van der Waals surface area contributed by atoms with Gasteiger partial charge in [-0.3, -0.25) is 0 Å². The van der Waals surface area contributed by atoms with Crippen molar-refractivity contribution in [2.75, 3.05) is 0 Å². The Morgan fingerprint density at radius 1 is 0.947 bits per heavy atom. The molecule has 0 N–H and O–H groups in total. The number of benzene rings is 2. The van der Waals surface area contributed by atoms with Crippen molar-refractivity contribution < 1.29 is 4.39 Å². The third-order valence-corrected chi connectivity index (χ3v) is 3.06. The number of halogens is 2. The highest BCUT2D eigenvalue weighted by atomic mass is 35.5. The molecule has 3 rings (SSSR count). The van der Waals surface area contributed by atoms with Crippen molar-refractivity contribution in [3.8, 4) is 11.3 Å². The first-order valence-electron chi connectivity index (χ1n) is 5.86. The fraction of sp³-hybridized carbons (Fsp3) is 0.0625. The van der Waals surface area contributed by atoms with Gasteiger partial charge in [-0.1, -0.05) is 18.2 Å². The largest absolute Gasteiger partial charge is 0.248 e. The lowest BCUT2D eigenvalue weighted by atomic mass is 10.1. The van der Waals surface area contributed by atoms with Crippen LogP contribution in [-0.2, 0) is 0 Å². The van der Waals surface area contributed by atoms with Gasteiger partial charge >= 0.3 is 0 Å². The van der Waals surface area contributed by atoms with Crippen molar-refractivity contribution in [2.45, 2.75) is 6.92 Å². The standard InChI is InChI=1S/C16H12FN.ClH/c1-11-10-16(12-6-8-13(17)9-7-12)18-15-5-3-2-4-14(11)15;/h2-10H,1H3;1H. The van der Waals surface area contributed by atoms with E-state index in [-0.39, 0.29) is 18.2 Å². The quantitative estimate of drug-likeness (QED) is 0.622. The number of aryl methyl sites for hydroxylation is 1. The highest BCUT2D eigenvalue weighted by molar-refractivity contribution is 5.85. The highest BCUT2D eigenvalue weighted by Gasteiger charge is 2.04. The van der Waals surface area contributed by atoms with Crippen LogP contribution in [0, 0.1) is 12.7 Å². The van der Waals surface area contributed by atoms with Gasteiger partial charge in [0, 0.05) is 10.9 Å². The molecule has 1 nitrogen and oxygen atoms in total. The summed E-state index contributed by atoms with van der Waals surface area (Å²) in [5.74, 6) is -0.226. The van der Waals surface area contributed by atoms with Crippen molar-refractivity contribution in [2.24, 2.45) is 0 Å². The van der Waals surface area contributed by atoms with E-state index in [4.69, 9.17) is 0 Å². The second kappa shape index (κ2) is 5.37. The van der Waals surface area contributed by atoms with E-state index in [9.17, 15) is 4.39 Å². The fourth-order valence-electron chi connectivity index (χ4n) is 2.12. The van der Waals surface area contributed by atoms with Crippen LogP contribution in [0.2, 0.25) is 0 Å². The molecule has 0 aliphatic rings. The minimum absolute atomic E-state index is 0. The van der Waals surface area contributed by atoms with Gasteiger partial charge in [-0.15, -0.1) is 12.4 Å². The number of hydrogen-bond acceptors (Lipinski definition) is 1. The molecule has 3 heteroatoms. The summed E-state index contributed by atoms with van der Waals surface area (Å²) in [6.07, 6.45) is 0. The first kappa shape index (κ1) is 13.5. The van der Waals surface area contributed by atoms with Crippen LogP contribution in [0.1, 0.15) is 5.56 Å². The van der Waals surface area contributed by atoms with E-state index in [1.807, 2.05) is 24.3 Å². The van der Waals surface area contributed by atoms with Gasteiger partial charge in [0.2, 0.25) is 0 Å². The number of pyridine rings is 1.